The van der Waals surface area contributed by atoms with Crippen LogP contribution in [-0.2, 0) is 0 Å². The number of halogens is 2. The number of hydrogen-bond acceptors (Lipinski definition) is 3. The van der Waals surface area contributed by atoms with Crippen LogP contribution in [0.3, 0.4) is 0 Å². The van der Waals surface area contributed by atoms with Gasteiger partial charge < -0.3 is 9.47 Å². The molecule has 2 rings (SSSR count). The average molecular weight is 325 g/mol. The van der Waals surface area contributed by atoms with E-state index in [0.29, 0.717) is 40.3 Å². The highest BCUT2D eigenvalue weighted by Crippen LogP contribution is 2.27. The molecule has 0 unspecified atom stereocenters. The fraction of sp³-hybridized carbons (Fsp3) is 0.188. The van der Waals surface area contributed by atoms with Gasteiger partial charge in [0, 0.05) is 10.6 Å². The SMILES string of the molecule is CC(=O)c1ccc(OCCOc2ccc(Cl)cc2Cl)cc1. The normalized spacial score (nSPS) is 10.2. The maximum absolute atomic E-state index is 11.1. The first-order valence-electron chi connectivity index (χ1n) is 6.38. The zero-order valence-corrected chi connectivity index (χ0v) is 12.9. The predicted molar refractivity (Wildman–Crippen MR) is 83.9 cm³/mol. The number of benzene rings is 2. The molecule has 0 N–H and O–H groups in total. The number of rotatable bonds is 6. The summed E-state index contributed by atoms with van der Waals surface area (Å²) in [6, 6.07) is 12.0. The molecule has 110 valence electrons. The largest absolute Gasteiger partial charge is 0.490 e. The molecular formula is C16H14Cl2O3. The van der Waals surface area contributed by atoms with E-state index < -0.39 is 0 Å². The Labute approximate surface area is 133 Å². The van der Waals surface area contributed by atoms with Crippen molar-refractivity contribution in [1.29, 1.82) is 0 Å². The van der Waals surface area contributed by atoms with E-state index >= 15 is 0 Å². The van der Waals surface area contributed by atoms with Crippen molar-refractivity contribution >= 4 is 29.0 Å². The van der Waals surface area contributed by atoms with Crippen LogP contribution >= 0.6 is 23.2 Å². The number of ketones is 1. The molecule has 0 aliphatic carbocycles. The van der Waals surface area contributed by atoms with Crippen LogP contribution in [0.4, 0.5) is 0 Å². The van der Waals surface area contributed by atoms with Crippen molar-refractivity contribution in [3.05, 3.63) is 58.1 Å². The highest BCUT2D eigenvalue weighted by atomic mass is 35.5. The summed E-state index contributed by atoms with van der Waals surface area (Å²) in [5, 5.41) is 1.03. The molecule has 2 aromatic carbocycles. The molecule has 0 aliphatic heterocycles. The van der Waals surface area contributed by atoms with Crippen molar-refractivity contribution in [2.24, 2.45) is 0 Å². The van der Waals surface area contributed by atoms with Gasteiger partial charge >= 0.3 is 0 Å². The van der Waals surface area contributed by atoms with Gasteiger partial charge in [-0.2, -0.15) is 0 Å². The molecule has 0 aromatic heterocycles. The molecule has 3 nitrogen and oxygen atoms in total. The van der Waals surface area contributed by atoms with Crippen molar-refractivity contribution < 1.29 is 14.3 Å². The lowest BCUT2D eigenvalue weighted by Gasteiger charge is -2.10. The van der Waals surface area contributed by atoms with Crippen LogP contribution in [-0.4, -0.2) is 19.0 Å². The van der Waals surface area contributed by atoms with E-state index in [1.54, 1.807) is 42.5 Å². The Hall–Kier alpha value is -1.71. The molecule has 0 spiro atoms. The summed E-state index contributed by atoms with van der Waals surface area (Å²) in [7, 11) is 0. The maximum Gasteiger partial charge on any atom is 0.159 e. The van der Waals surface area contributed by atoms with Crippen molar-refractivity contribution in [3.63, 3.8) is 0 Å². The lowest BCUT2D eigenvalue weighted by molar-refractivity contribution is 0.101. The van der Waals surface area contributed by atoms with Crippen molar-refractivity contribution in [2.75, 3.05) is 13.2 Å². The summed E-state index contributed by atoms with van der Waals surface area (Å²) < 4.78 is 11.0. The third-order valence-corrected chi connectivity index (χ3v) is 3.29. The minimum atomic E-state index is 0.0299. The second-order valence-electron chi connectivity index (χ2n) is 4.35. The zero-order chi connectivity index (χ0) is 15.2. The van der Waals surface area contributed by atoms with Gasteiger partial charge in [0.1, 0.15) is 24.7 Å². The molecule has 0 fully saturated rings. The average Bonchev–Trinajstić information content (AvgIpc) is 2.46. The predicted octanol–water partition coefficient (Wildman–Crippen LogP) is 4.65. The molecule has 0 aliphatic rings. The summed E-state index contributed by atoms with van der Waals surface area (Å²) in [6.07, 6.45) is 0. The lowest BCUT2D eigenvalue weighted by atomic mass is 10.1. The molecule has 0 heterocycles. The lowest BCUT2D eigenvalue weighted by Crippen LogP contribution is -2.09. The summed E-state index contributed by atoms with van der Waals surface area (Å²) >= 11 is 11.8. The van der Waals surface area contributed by atoms with E-state index in [1.807, 2.05) is 0 Å². The second-order valence-corrected chi connectivity index (χ2v) is 5.20. The summed E-state index contributed by atoms with van der Waals surface area (Å²) in [4.78, 5) is 11.1. The molecule has 0 amide bonds. The van der Waals surface area contributed by atoms with Gasteiger partial charge in [0.2, 0.25) is 0 Å². The molecule has 0 saturated carbocycles. The van der Waals surface area contributed by atoms with Gasteiger partial charge in [-0.05, 0) is 49.4 Å². The molecule has 0 bridgehead atoms. The third kappa shape index (κ3) is 4.66. The standard InChI is InChI=1S/C16H14Cl2O3/c1-11(19)12-2-5-14(6-3-12)20-8-9-21-16-7-4-13(17)10-15(16)18/h2-7,10H,8-9H2,1H3. The monoisotopic (exact) mass is 324 g/mol. The van der Waals surface area contributed by atoms with Crippen molar-refractivity contribution in [3.8, 4) is 11.5 Å². The molecule has 21 heavy (non-hydrogen) atoms. The zero-order valence-electron chi connectivity index (χ0n) is 11.4. The Bertz CT molecular complexity index is 624. The minimum absolute atomic E-state index is 0.0299. The Balaban J connectivity index is 1.80. The summed E-state index contributed by atoms with van der Waals surface area (Å²) in [6.45, 7) is 2.26. The first-order valence-corrected chi connectivity index (χ1v) is 7.13. The van der Waals surface area contributed by atoms with E-state index in [0.717, 1.165) is 0 Å². The first kappa shape index (κ1) is 15.7. The second kappa shape index (κ2) is 7.34. The van der Waals surface area contributed by atoms with E-state index in [9.17, 15) is 4.79 Å². The van der Waals surface area contributed by atoms with E-state index in [2.05, 4.69) is 0 Å². The van der Waals surface area contributed by atoms with E-state index in [4.69, 9.17) is 32.7 Å². The van der Waals surface area contributed by atoms with E-state index in [1.165, 1.54) is 6.92 Å². The number of carbonyl (C=O) groups is 1. The van der Waals surface area contributed by atoms with Gasteiger partial charge in [-0.3, -0.25) is 4.79 Å². The number of Topliss-reactive ketones (excluding diaryl/α,β-unsaturated/α-hetero) is 1. The molecule has 5 heteroatoms. The maximum atomic E-state index is 11.1. The molecule has 2 aromatic rings. The van der Waals surface area contributed by atoms with Crippen LogP contribution in [0.5, 0.6) is 11.5 Å². The molecular weight excluding hydrogens is 311 g/mol. The number of carbonyl (C=O) groups excluding carboxylic acids is 1. The fourth-order valence-electron chi connectivity index (χ4n) is 1.69. The highest BCUT2D eigenvalue weighted by molar-refractivity contribution is 6.35. The molecule has 0 saturated heterocycles. The van der Waals surface area contributed by atoms with Gasteiger partial charge in [0.15, 0.2) is 5.78 Å². The van der Waals surface area contributed by atoms with Gasteiger partial charge in [0.25, 0.3) is 0 Å². The van der Waals surface area contributed by atoms with Crippen molar-refractivity contribution in [2.45, 2.75) is 6.92 Å². The highest BCUT2D eigenvalue weighted by Gasteiger charge is 2.03. The van der Waals surface area contributed by atoms with Gasteiger partial charge in [-0.25, -0.2) is 0 Å². The summed E-state index contributed by atoms with van der Waals surface area (Å²) in [5.41, 5.74) is 0.659. The Morgan fingerprint density at radius 1 is 1.00 bits per heavy atom. The van der Waals surface area contributed by atoms with Crippen LogP contribution in [0.2, 0.25) is 10.0 Å². The van der Waals surface area contributed by atoms with E-state index in [-0.39, 0.29) is 5.78 Å². The molecule has 0 atom stereocenters. The van der Waals surface area contributed by atoms with Crippen LogP contribution in [0, 0.1) is 0 Å². The van der Waals surface area contributed by atoms with Crippen LogP contribution in [0.25, 0.3) is 0 Å². The number of ether oxygens (including phenoxy) is 2. The van der Waals surface area contributed by atoms with Crippen molar-refractivity contribution in [1.82, 2.24) is 0 Å². The Kier molecular flexibility index (Phi) is 5.48. The first-order chi connectivity index (χ1) is 10.1. The van der Waals surface area contributed by atoms with Crippen LogP contribution in [0.1, 0.15) is 17.3 Å². The smallest absolute Gasteiger partial charge is 0.159 e. The quantitative estimate of drug-likeness (QED) is 0.573. The van der Waals surface area contributed by atoms with Crippen LogP contribution < -0.4 is 9.47 Å². The number of hydrogen-bond donors (Lipinski definition) is 0. The van der Waals surface area contributed by atoms with Gasteiger partial charge in [0.05, 0.1) is 5.02 Å². The fourth-order valence-corrected chi connectivity index (χ4v) is 2.15. The van der Waals surface area contributed by atoms with Gasteiger partial charge in [-0.15, -0.1) is 0 Å². The Morgan fingerprint density at radius 3 is 2.29 bits per heavy atom. The third-order valence-electron chi connectivity index (χ3n) is 2.76. The Morgan fingerprint density at radius 2 is 1.67 bits per heavy atom. The molecule has 0 radical (unpaired) electrons. The summed E-state index contributed by atoms with van der Waals surface area (Å²) in [5.74, 6) is 1.28. The topological polar surface area (TPSA) is 35.5 Å². The van der Waals surface area contributed by atoms with Crippen LogP contribution in [0.15, 0.2) is 42.5 Å². The van der Waals surface area contributed by atoms with Gasteiger partial charge in [-0.1, -0.05) is 23.2 Å². The minimum Gasteiger partial charge on any atom is -0.490 e.